The summed E-state index contributed by atoms with van der Waals surface area (Å²) in [7, 11) is 3.24. The van der Waals surface area contributed by atoms with E-state index in [0.29, 0.717) is 28.9 Å². The fraction of sp³-hybridized carbons (Fsp3) is 0.292. The first kappa shape index (κ1) is 20.1. The summed E-state index contributed by atoms with van der Waals surface area (Å²) in [6, 6.07) is 15.6. The lowest BCUT2D eigenvalue weighted by Gasteiger charge is -2.26. The van der Waals surface area contributed by atoms with Gasteiger partial charge < -0.3 is 20.1 Å². The Hall–Kier alpha value is -3.81. The third-order valence-electron chi connectivity index (χ3n) is 5.85. The number of piperidine rings is 1. The summed E-state index contributed by atoms with van der Waals surface area (Å²) in [5.41, 5.74) is 9.67. The Morgan fingerprint density at radius 2 is 1.62 bits per heavy atom. The van der Waals surface area contributed by atoms with E-state index in [1.54, 1.807) is 18.9 Å². The van der Waals surface area contributed by atoms with Gasteiger partial charge in [0.25, 0.3) is 0 Å². The molecule has 1 fully saturated rings. The maximum atomic E-state index is 6.62. The van der Waals surface area contributed by atoms with E-state index in [0.717, 1.165) is 48.3 Å². The number of anilines is 2. The summed E-state index contributed by atoms with van der Waals surface area (Å²) < 4.78 is 12.7. The molecule has 2 N–H and O–H groups in total. The van der Waals surface area contributed by atoms with Gasteiger partial charge in [-0.15, -0.1) is 5.10 Å². The molecule has 0 spiro atoms. The summed E-state index contributed by atoms with van der Waals surface area (Å²) >= 11 is 0. The van der Waals surface area contributed by atoms with Crippen molar-refractivity contribution in [1.29, 1.82) is 0 Å². The highest BCUT2D eigenvalue weighted by Gasteiger charge is 2.23. The second-order valence-electron chi connectivity index (χ2n) is 7.82. The molecule has 0 amide bonds. The zero-order chi connectivity index (χ0) is 22.1. The van der Waals surface area contributed by atoms with E-state index >= 15 is 0 Å². The van der Waals surface area contributed by atoms with Gasteiger partial charge in [0.05, 0.1) is 31.0 Å². The Balaban J connectivity index is 1.74. The molecule has 1 aliphatic rings. The van der Waals surface area contributed by atoms with Crippen LogP contribution in [-0.4, -0.2) is 47.1 Å². The molecule has 0 aliphatic carbocycles. The zero-order valence-electron chi connectivity index (χ0n) is 18.3. The van der Waals surface area contributed by atoms with Crippen LogP contribution in [0.15, 0.2) is 48.5 Å². The fourth-order valence-electron chi connectivity index (χ4n) is 4.19. The summed E-state index contributed by atoms with van der Waals surface area (Å²) in [6.45, 7) is 1.87. The lowest BCUT2D eigenvalue weighted by Crippen LogP contribution is -2.31. The van der Waals surface area contributed by atoms with E-state index < -0.39 is 0 Å². The van der Waals surface area contributed by atoms with Crippen molar-refractivity contribution in [3.05, 3.63) is 48.5 Å². The van der Waals surface area contributed by atoms with Gasteiger partial charge in [0.2, 0.25) is 5.95 Å². The average Bonchev–Trinajstić information content (AvgIpc) is 3.20. The molecule has 0 radical (unpaired) electrons. The average molecular weight is 431 g/mol. The number of ether oxygens (including phenoxy) is 2. The highest BCUT2D eigenvalue weighted by atomic mass is 16.5. The van der Waals surface area contributed by atoms with Crippen molar-refractivity contribution in [3.63, 3.8) is 0 Å². The second-order valence-corrected chi connectivity index (χ2v) is 7.82. The van der Waals surface area contributed by atoms with Crippen molar-refractivity contribution in [1.82, 2.24) is 19.7 Å². The van der Waals surface area contributed by atoms with E-state index in [2.05, 4.69) is 4.90 Å². The van der Waals surface area contributed by atoms with Crippen molar-refractivity contribution in [2.24, 2.45) is 0 Å². The molecular weight excluding hydrogens is 404 g/mol. The van der Waals surface area contributed by atoms with Crippen LogP contribution >= 0.6 is 0 Å². The Bertz CT molecular complexity index is 1250. The molecule has 0 bridgehead atoms. The van der Waals surface area contributed by atoms with Gasteiger partial charge in [-0.25, -0.2) is 9.67 Å². The zero-order valence-corrected chi connectivity index (χ0v) is 18.3. The van der Waals surface area contributed by atoms with E-state index in [1.165, 1.54) is 6.42 Å². The van der Waals surface area contributed by atoms with Crippen LogP contribution < -0.4 is 20.1 Å². The highest BCUT2D eigenvalue weighted by molar-refractivity contribution is 5.99. The second kappa shape index (κ2) is 8.37. The summed E-state index contributed by atoms with van der Waals surface area (Å²) in [6.07, 6.45) is 3.50. The maximum Gasteiger partial charge on any atom is 0.228 e. The molecule has 32 heavy (non-hydrogen) atoms. The molecule has 0 atom stereocenters. The SMILES string of the molecule is COc1ccc(-c2nc(N3CCCCC3)nc3nn(-c4ccccc4)c(N)c23)cc1OC. The van der Waals surface area contributed by atoms with Crippen LogP contribution in [0.1, 0.15) is 19.3 Å². The van der Waals surface area contributed by atoms with Crippen molar-refractivity contribution < 1.29 is 9.47 Å². The number of para-hydroxylation sites is 1. The van der Waals surface area contributed by atoms with Crippen LogP contribution in [-0.2, 0) is 0 Å². The number of hydrogen-bond donors (Lipinski definition) is 1. The van der Waals surface area contributed by atoms with Gasteiger partial charge in [-0.3, -0.25) is 0 Å². The number of fused-ring (bicyclic) bond motifs is 1. The first-order valence-corrected chi connectivity index (χ1v) is 10.8. The molecule has 1 saturated heterocycles. The van der Waals surface area contributed by atoms with Gasteiger partial charge in [-0.2, -0.15) is 4.98 Å². The molecule has 0 saturated carbocycles. The third-order valence-corrected chi connectivity index (χ3v) is 5.85. The minimum absolute atomic E-state index is 0.501. The fourth-order valence-corrected chi connectivity index (χ4v) is 4.19. The maximum absolute atomic E-state index is 6.62. The van der Waals surface area contributed by atoms with Crippen LogP contribution in [0.2, 0.25) is 0 Å². The number of nitrogens with zero attached hydrogens (tertiary/aromatic N) is 5. The molecule has 8 heteroatoms. The Morgan fingerprint density at radius 3 is 2.34 bits per heavy atom. The van der Waals surface area contributed by atoms with Gasteiger partial charge in [0, 0.05) is 18.7 Å². The third kappa shape index (κ3) is 3.47. The molecule has 2 aromatic carbocycles. The lowest BCUT2D eigenvalue weighted by atomic mass is 10.1. The van der Waals surface area contributed by atoms with E-state index in [-0.39, 0.29) is 0 Å². The normalized spacial score (nSPS) is 14.0. The minimum Gasteiger partial charge on any atom is -0.493 e. The molecule has 4 aromatic rings. The molecule has 164 valence electrons. The number of benzene rings is 2. The van der Waals surface area contributed by atoms with Crippen LogP contribution in [0.25, 0.3) is 28.0 Å². The number of nitrogens with two attached hydrogens (primary N) is 1. The molecule has 5 rings (SSSR count). The van der Waals surface area contributed by atoms with Crippen molar-refractivity contribution in [3.8, 4) is 28.4 Å². The standard InChI is InChI=1S/C24H26N6O2/c1-31-18-12-11-16(15-19(18)32-2)21-20-22(25)30(17-9-5-3-6-10-17)28-23(20)27-24(26-21)29-13-7-4-8-14-29/h3,5-6,9-12,15H,4,7-8,13-14,25H2,1-2H3. The number of aromatic nitrogens is 4. The van der Waals surface area contributed by atoms with Gasteiger partial charge in [-0.1, -0.05) is 18.2 Å². The predicted molar refractivity (Wildman–Crippen MR) is 126 cm³/mol. The molecular formula is C24H26N6O2. The molecule has 2 aromatic heterocycles. The van der Waals surface area contributed by atoms with Crippen molar-refractivity contribution in [2.75, 3.05) is 37.9 Å². The van der Waals surface area contributed by atoms with E-state index in [4.69, 9.17) is 30.3 Å². The smallest absolute Gasteiger partial charge is 0.228 e. The number of hydrogen-bond acceptors (Lipinski definition) is 7. The molecule has 3 heterocycles. The summed E-state index contributed by atoms with van der Waals surface area (Å²) in [4.78, 5) is 12.0. The molecule has 0 unspecified atom stereocenters. The van der Waals surface area contributed by atoms with Crippen LogP contribution in [0.4, 0.5) is 11.8 Å². The quantitative estimate of drug-likeness (QED) is 0.510. The Labute approximate surface area is 186 Å². The highest BCUT2D eigenvalue weighted by Crippen LogP contribution is 2.37. The van der Waals surface area contributed by atoms with E-state index in [9.17, 15) is 0 Å². The minimum atomic E-state index is 0.501. The van der Waals surface area contributed by atoms with Gasteiger partial charge in [0.1, 0.15) is 5.82 Å². The topological polar surface area (TPSA) is 91.3 Å². The first-order valence-electron chi connectivity index (χ1n) is 10.8. The Morgan fingerprint density at radius 1 is 0.875 bits per heavy atom. The van der Waals surface area contributed by atoms with Crippen LogP contribution in [0.5, 0.6) is 11.5 Å². The monoisotopic (exact) mass is 430 g/mol. The predicted octanol–water partition coefficient (Wildman–Crippen LogP) is 4.07. The van der Waals surface area contributed by atoms with Crippen LogP contribution in [0.3, 0.4) is 0 Å². The van der Waals surface area contributed by atoms with Gasteiger partial charge >= 0.3 is 0 Å². The van der Waals surface area contributed by atoms with E-state index in [1.807, 2.05) is 48.5 Å². The molecule has 1 aliphatic heterocycles. The Kier molecular flexibility index (Phi) is 5.26. The molecule has 8 nitrogen and oxygen atoms in total. The number of rotatable bonds is 5. The number of nitrogen functional groups attached to an aromatic ring is 1. The lowest BCUT2D eigenvalue weighted by molar-refractivity contribution is 0.355. The largest absolute Gasteiger partial charge is 0.493 e. The summed E-state index contributed by atoms with van der Waals surface area (Å²) in [5, 5.41) is 5.48. The van der Waals surface area contributed by atoms with Crippen molar-refractivity contribution in [2.45, 2.75) is 19.3 Å². The van der Waals surface area contributed by atoms with Crippen LogP contribution in [0, 0.1) is 0 Å². The first-order chi connectivity index (χ1) is 15.7. The van der Waals surface area contributed by atoms with Crippen molar-refractivity contribution >= 4 is 22.8 Å². The summed E-state index contributed by atoms with van der Waals surface area (Å²) in [5.74, 6) is 2.47. The van der Waals surface area contributed by atoms with Gasteiger partial charge in [0.15, 0.2) is 17.1 Å². The van der Waals surface area contributed by atoms with Gasteiger partial charge in [-0.05, 0) is 49.6 Å². The number of methoxy groups -OCH3 is 2.